The van der Waals surface area contributed by atoms with E-state index in [2.05, 4.69) is 5.32 Å². The molecule has 0 spiro atoms. The number of benzene rings is 1. The summed E-state index contributed by atoms with van der Waals surface area (Å²) in [5.74, 6) is -2.10. The third-order valence-corrected chi connectivity index (χ3v) is 4.64. The SMILES string of the molecule is CCC1C[C@H](C(=O)Nc2cc(Cl)ccc2Cl)[C@H](C(=O)O)C1. The molecule has 2 rings (SSSR count). The fourth-order valence-electron chi connectivity index (χ4n) is 2.86. The van der Waals surface area contributed by atoms with Crippen LogP contribution in [-0.2, 0) is 9.59 Å². The van der Waals surface area contributed by atoms with Crippen LogP contribution in [0.3, 0.4) is 0 Å². The van der Waals surface area contributed by atoms with E-state index in [1.165, 1.54) is 0 Å². The summed E-state index contributed by atoms with van der Waals surface area (Å²) in [6.45, 7) is 2.01. The van der Waals surface area contributed by atoms with Crippen LogP contribution in [0.25, 0.3) is 0 Å². The number of carboxylic acid groups (broad SMARTS) is 1. The van der Waals surface area contributed by atoms with E-state index >= 15 is 0 Å². The summed E-state index contributed by atoms with van der Waals surface area (Å²) in [6.07, 6.45) is 2.02. The van der Waals surface area contributed by atoms with Gasteiger partial charge in [-0.05, 0) is 37.0 Å². The molecule has 1 aliphatic carbocycles. The molecule has 1 amide bonds. The number of hydrogen-bond donors (Lipinski definition) is 2. The molecular weight excluding hydrogens is 313 g/mol. The minimum absolute atomic E-state index is 0.275. The number of aliphatic carboxylic acids is 1. The lowest BCUT2D eigenvalue weighted by Gasteiger charge is -2.16. The number of carbonyl (C=O) groups is 2. The monoisotopic (exact) mass is 329 g/mol. The van der Waals surface area contributed by atoms with Gasteiger partial charge < -0.3 is 10.4 Å². The molecule has 1 saturated carbocycles. The smallest absolute Gasteiger partial charge is 0.307 e. The third-order valence-electron chi connectivity index (χ3n) is 4.08. The highest BCUT2D eigenvalue weighted by Gasteiger charge is 2.42. The zero-order valence-corrected chi connectivity index (χ0v) is 13.1. The van der Waals surface area contributed by atoms with E-state index < -0.39 is 17.8 Å². The number of rotatable bonds is 4. The highest BCUT2D eigenvalue weighted by atomic mass is 35.5. The zero-order chi connectivity index (χ0) is 15.6. The Labute approximate surface area is 133 Å². The molecular formula is C15H17Cl2NO3. The van der Waals surface area contributed by atoms with E-state index in [0.29, 0.717) is 28.6 Å². The Morgan fingerprint density at radius 2 is 1.95 bits per heavy atom. The van der Waals surface area contributed by atoms with Gasteiger partial charge in [0, 0.05) is 5.02 Å². The first kappa shape index (κ1) is 16.1. The number of nitrogens with one attached hydrogen (secondary N) is 1. The van der Waals surface area contributed by atoms with Gasteiger partial charge in [-0.2, -0.15) is 0 Å². The molecule has 114 valence electrons. The summed E-state index contributed by atoms with van der Waals surface area (Å²) >= 11 is 11.9. The number of carbonyl (C=O) groups excluding carboxylic acids is 1. The lowest BCUT2D eigenvalue weighted by Crippen LogP contribution is -2.30. The van der Waals surface area contributed by atoms with Crippen molar-refractivity contribution >= 4 is 40.8 Å². The van der Waals surface area contributed by atoms with Gasteiger partial charge in [0.1, 0.15) is 0 Å². The maximum atomic E-state index is 12.4. The Morgan fingerprint density at radius 1 is 1.29 bits per heavy atom. The molecule has 6 heteroatoms. The highest BCUT2D eigenvalue weighted by molar-refractivity contribution is 6.35. The minimum atomic E-state index is -0.914. The summed E-state index contributed by atoms with van der Waals surface area (Å²) in [5.41, 5.74) is 0.415. The maximum Gasteiger partial charge on any atom is 0.307 e. The maximum absolute atomic E-state index is 12.4. The highest BCUT2D eigenvalue weighted by Crippen LogP contribution is 2.39. The second kappa shape index (κ2) is 6.67. The van der Waals surface area contributed by atoms with Gasteiger partial charge >= 0.3 is 5.97 Å². The molecule has 2 N–H and O–H groups in total. The number of anilines is 1. The van der Waals surface area contributed by atoms with Crippen molar-refractivity contribution in [3.8, 4) is 0 Å². The quantitative estimate of drug-likeness (QED) is 0.874. The van der Waals surface area contributed by atoms with Crippen molar-refractivity contribution in [3.63, 3.8) is 0 Å². The normalized spacial score (nSPS) is 24.8. The van der Waals surface area contributed by atoms with Crippen molar-refractivity contribution in [1.29, 1.82) is 0 Å². The van der Waals surface area contributed by atoms with Crippen LogP contribution in [0.5, 0.6) is 0 Å². The van der Waals surface area contributed by atoms with Crippen LogP contribution in [-0.4, -0.2) is 17.0 Å². The molecule has 1 fully saturated rings. The first-order valence-corrected chi connectivity index (χ1v) is 7.66. The molecule has 0 heterocycles. The van der Waals surface area contributed by atoms with E-state index in [1.807, 2.05) is 6.92 Å². The third kappa shape index (κ3) is 3.69. The molecule has 0 aromatic heterocycles. The Morgan fingerprint density at radius 3 is 2.57 bits per heavy atom. The second-order valence-electron chi connectivity index (χ2n) is 5.41. The predicted molar refractivity (Wildman–Crippen MR) is 82.7 cm³/mol. The lowest BCUT2D eigenvalue weighted by atomic mass is 9.95. The average molecular weight is 330 g/mol. The molecule has 0 radical (unpaired) electrons. The first-order valence-electron chi connectivity index (χ1n) is 6.91. The molecule has 1 aliphatic rings. The van der Waals surface area contributed by atoms with Crippen molar-refractivity contribution < 1.29 is 14.7 Å². The summed E-state index contributed by atoms with van der Waals surface area (Å²) in [7, 11) is 0. The minimum Gasteiger partial charge on any atom is -0.481 e. The first-order chi connectivity index (χ1) is 9.92. The summed E-state index contributed by atoms with van der Waals surface area (Å²) in [5, 5.41) is 12.8. The van der Waals surface area contributed by atoms with Crippen molar-refractivity contribution in [2.24, 2.45) is 17.8 Å². The molecule has 3 atom stereocenters. The molecule has 1 unspecified atom stereocenters. The Hall–Kier alpha value is -1.26. The van der Waals surface area contributed by atoms with Crippen LogP contribution >= 0.6 is 23.2 Å². The van der Waals surface area contributed by atoms with E-state index in [0.717, 1.165) is 6.42 Å². The van der Waals surface area contributed by atoms with Gasteiger partial charge in [-0.15, -0.1) is 0 Å². The molecule has 1 aromatic carbocycles. The van der Waals surface area contributed by atoms with Gasteiger partial charge in [-0.25, -0.2) is 0 Å². The molecule has 4 nitrogen and oxygen atoms in total. The molecule has 0 bridgehead atoms. The fraction of sp³-hybridized carbons (Fsp3) is 0.467. The number of halogens is 2. The summed E-state index contributed by atoms with van der Waals surface area (Å²) < 4.78 is 0. The van der Waals surface area contributed by atoms with Gasteiger partial charge in [0.2, 0.25) is 5.91 Å². The number of amides is 1. The number of carboxylic acids is 1. The van der Waals surface area contributed by atoms with Crippen LogP contribution in [0.1, 0.15) is 26.2 Å². The van der Waals surface area contributed by atoms with Crippen molar-refractivity contribution in [3.05, 3.63) is 28.2 Å². The van der Waals surface area contributed by atoms with Crippen molar-refractivity contribution in [2.45, 2.75) is 26.2 Å². The summed E-state index contributed by atoms with van der Waals surface area (Å²) in [6, 6.07) is 4.78. The Kier molecular flexibility index (Phi) is 5.12. The van der Waals surface area contributed by atoms with Gasteiger partial charge in [-0.3, -0.25) is 9.59 Å². The van der Waals surface area contributed by atoms with Gasteiger partial charge in [0.05, 0.1) is 22.5 Å². The van der Waals surface area contributed by atoms with E-state index in [9.17, 15) is 14.7 Å². The van der Waals surface area contributed by atoms with E-state index in [-0.39, 0.29) is 11.8 Å². The lowest BCUT2D eigenvalue weighted by molar-refractivity contribution is -0.145. The zero-order valence-electron chi connectivity index (χ0n) is 11.6. The van der Waals surface area contributed by atoms with Gasteiger partial charge in [0.15, 0.2) is 0 Å². The van der Waals surface area contributed by atoms with Crippen LogP contribution in [0.4, 0.5) is 5.69 Å². The molecule has 0 aliphatic heterocycles. The standard InChI is InChI=1S/C15H17Cl2NO3/c1-2-8-5-10(11(6-8)15(20)21)14(19)18-13-7-9(16)3-4-12(13)17/h3-4,7-8,10-11H,2,5-6H2,1H3,(H,18,19)(H,20,21)/t8?,10-,11+/m0/s1. The molecule has 1 aromatic rings. The largest absolute Gasteiger partial charge is 0.481 e. The van der Waals surface area contributed by atoms with Crippen LogP contribution in [0.2, 0.25) is 10.0 Å². The molecule has 0 saturated heterocycles. The Bertz CT molecular complexity index is 562. The second-order valence-corrected chi connectivity index (χ2v) is 6.25. The van der Waals surface area contributed by atoms with Crippen LogP contribution < -0.4 is 5.32 Å². The summed E-state index contributed by atoms with van der Waals surface area (Å²) in [4.78, 5) is 23.7. The van der Waals surface area contributed by atoms with Gasteiger partial charge in [0.25, 0.3) is 0 Å². The van der Waals surface area contributed by atoms with Gasteiger partial charge in [-0.1, -0.05) is 36.5 Å². The van der Waals surface area contributed by atoms with E-state index in [1.54, 1.807) is 18.2 Å². The van der Waals surface area contributed by atoms with Crippen molar-refractivity contribution in [1.82, 2.24) is 0 Å². The predicted octanol–water partition coefficient (Wildman–Crippen LogP) is 4.07. The Balaban J connectivity index is 2.15. The van der Waals surface area contributed by atoms with Crippen molar-refractivity contribution in [2.75, 3.05) is 5.32 Å². The van der Waals surface area contributed by atoms with Crippen LogP contribution in [0, 0.1) is 17.8 Å². The number of hydrogen-bond acceptors (Lipinski definition) is 2. The average Bonchev–Trinajstić information content (AvgIpc) is 2.87. The van der Waals surface area contributed by atoms with Crippen LogP contribution in [0.15, 0.2) is 18.2 Å². The molecule has 21 heavy (non-hydrogen) atoms. The topological polar surface area (TPSA) is 66.4 Å². The fourth-order valence-corrected chi connectivity index (χ4v) is 3.19. The van der Waals surface area contributed by atoms with E-state index in [4.69, 9.17) is 23.2 Å².